The molecule has 4 rings (SSSR count). The summed E-state index contributed by atoms with van der Waals surface area (Å²) >= 11 is 0. The average Bonchev–Trinajstić information content (AvgIpc) is 3.40. The number of H-pyrrole nitrogens is 2. The largest absolute Gasteiger partial charge is 0.329 e. The molecule has 3 aromatic rings. The second-order valence-electron chi connectivity index (χ2n) is 6.62. The molecule has 1 amide bonds. The summed E-state index contributed by atoms with van der Waals surface area (Å²) in [5, 5.41) is 14.6. The minimum atomic E-state index is -0.0191. The zero-order valence-electron chi connectivity index (χ0n) is 15.0. The highest BCUT2D eigenvalue weighted by Gasteiger charge is 2.35. The van der Waals surface area contributed by atoms with Crippen LogP contribution in [0.5, 0.6) is 0 Å². The van der Waals surface area contributed by atoms with Crippen LogP contribution >= 0.6 is 0 Å². The lowest BCUT2D eigenvalue weighted by atomic mass is 10.0. The van der Waals surface area contributed by atoms with Crippen molar-refractivity contribution in [2.45, 2.75) is 39.2 Å². The van der Waals surface area contributed by atoms with E-state index in [9.17, 15) is 4.79 Å². The standard InChI is InChI=1S/C19H22N6O/c1-3-15-12(2)17(24-22-15)19(26)25-10-4-5-16(25)18-14(11-21-23-18)13-6-8-20-9-7-13/h6-9,11,16H,3-5,10H2,1-2H3,(H,21,23)(H,22,24)/t16-/m0/s1. The number of carbonyl (C=O) groups is 1. The Morgan fingerprint density at radius 3 is 2.85 bits per heavy atom. The first-order chi connectivity index (χ1) is 12.7. The lowest BCUT2D eigenvalue weighted by molar-refractivity contribution is 0.0726. The van der Waals surface area contributed by atoms with Crippen LogP contribution in [0.1, 0.15) is 53.2 Å². The van der Waals surface area contributed by atoms with E-state index in [2.05, 4.69) is 32.3 Å². The van der Waals surface area contributed by atoms with Crippen LogP contribution in [0.15, 0.2) is 30.7 Å². The van der Waals surface area contributed by atoms with E-state index in [1.807, 2.05) is 30.2 Å². The minimum Gasteiger partial charge on any atom is -0.329 e. The fourth-order valence-corrected chi connectivity index (χ4v) is 3.74. The number of nitrogens with one attached hydrogen (secondary N) is 2. The van der Waals surface area contributed by atoms with E-state index >= 15 is 0 Å². The van der Waals surface area contributed by atoms with Gasteiger partial charge >= 0.3 is 0 Å². The van der Waals surface area contributed by atoms with Gasteiger partial charge in [-0.15, -0.1) is 0 Å². The van der Waals surface area contributed by atoms with E-state index < -0.39 is 0 Å². The first-order valence-electron chi connectivity index (χ1n) is 8.99. The molecular weight excluding hydrogens is 328 g/mol. The van der Waals surface area contributed by atoms with Gasteiger partial charge in [0, 0.05) is 35.8 Å². The average molecular weight is 350 g/mol. The molecule has 26 heavy (non-hydrogen) atoms. The SMILES string of the molecule is CCc1[nH]nc(C(=O)N2CCC[C@H]2c2[nH]ncc2-c2ccncc2)c1C. The summed E-state index contributed by atoms with van der Waals surface area (Å²) in [5.74, 6) is -0.0174. The molecule has 0 aliphatic carbocycles. The maximum Gasteiger partial charge on any atom is 0.275 e. The van der Waals surface area contributed by atoms with Gasteiger partial charge in [-0.3, -0.25) is 20.0 Å². The Bertz CT molecular complexity index is 913. The van der Waals surface area contributed by atoms with Crippen LogP contribution in [0.2, 0.25) is 0 Å². The fraction of sp³-hybridized carbons (Fsp3) is 0.368. The summed E-state index contributed by atoms with van der Waals surface area (Å²) in [6, 6.07) is 3.90. The molecule has 1 aliphatic rings. The molecule has 134 valence electrons. The van der Waals surface area contributed by atoms with Crippen molar-refractivity contribution in [2.75, 3.05) is 6.54 Å². The molecule has 3 aromatic heterocycles. The lowest BCUT2D eigenvalue weighted by Crippen LogP contribution is -2.31. The molecule has 0 unspecified atom stereocenters. The molecule has 4 heterocycles. The highest BCUT2D eigenvalue weighted by Crippen LogP contribution is 2.37. The maximum atomic E-state index is 13.1. The number of aryl methyl sites for hydroxylation is 1. The van der Waals surface area contributed by atoms with Crippen LogP contribution in [0.25, 0.3) is 11.1 Å². The van der Waals surface area contributed by atoms with E-state index in [-0.39, 0.29) is 11.9 Å². The van der Waals surface area contributed by atoms with Crippen molar-refractivity contribution >= 4 is 5.91 Å². The Morgan fingerprint density at radius 2 is 2.12 bits per heavy atom. The zero-order valence-corrected chi connectivity index (χ0v) is 15.0. The molecular formula is C19H22N6O. The Balaban J connectivity index is 1.67. The topological polar surface area (TPSA) is 90.6 Å². The van der Waals surface area contributed by atoms with Gasteiger partial charge < -0.3 is 4.90 Å². The molecule has 2 N–H and O–H groups in total. The smallest absolute Gasteiger partial charge is 0.275 e. The molecule has 1 fully saturated rings. The van der Waals surface area contributed by atoms with Crippen LogP contribution in [0, 0.1) is 6.92 Å². The highest BCUT2D eigenvalue weighted by atomic mass is 16.2. The number of hydrogen-bond donors (Lipinski definition) is 2. The molecule has 1 saturated heterocycles. The Kier molecular flexibility index (Phi) is 4.28. The summed E-state index contributed by atoms with van der Waals surface area (Å²) < 4.78 is 0. The Labute approximate surface area is 151 Å². The van der Waals surface area contributed by atoms with Gasteiger partial charge in [0.15, 0.2) is 5.69 Å². The number of rotatable bonds is 4. The number of carbonyl (C=O) groups excluding carboxylic acids is 1. The van der Waals surface area contributed by atoms with Gasteiger partial charge in [-0.2, -0.15) is 10.2 Å². The zero-order chi connectivity index (χ0) is 18.1. The molecule has 0 spiro atoms. The number of aromatic amines is 2. The molecule has 7 nitrogen and oxygen atoms in total. The van der Waals surface area contributed by atoms with Crippen molar-refractivity contribution in [1.29, 1.82) is 0 Å². The third kappa shape index (κ3) is 2.69. The molecule has 1 atom stereocenters. The van der Waals surface area contributed by atoms with Gasteiger partial charge in [-0.25, -0.2) is 0 Å². The lowest BCUT2D eigenvalue weighted by Gasteiger charge is -2.24. The number of pyridine rings is 1. The number of aromatic nitrogens is 5. The molecule has 0 bridgehead atoms. The summed E-state index contributed by atoms with van der Waals surface area (Å²) in [7, 11) is 0. The van der Waals surface area contributed by atoms with Crippen molar-refractivity contribution in [2.24, 2.45) is 0 Å². The van der Waals surface area contributed by atoms with Crippen LogP contribution in [0.4, 0.5) is 0 Å². The summed E-state index contributed by atoms with van der Waals surface area (Å²) in [6.07, 6.45) is 8.07. The van der Waals surface area contributed by atoms with Gasteiger partial charge in [0.25, 0.3) is 5.91 Å². The van der Waals surface area contributed by atoms with E-state index in [4.69, 9.17) is 0 Å². The first kappa shape index (κ1) is 16.5. The van der Waals surface area contributed by atoms with Crippen molar-refractivity contribution in [1.82, 2.24) is 30.3 Å². The van der Waals surface area contributed by atoms with Gasteiger partial charge in [-0.05, 0) is 43.9 Å². The van der Waals surface area contributed by atoms with E-state index in [0.717, 1.165) is 53.9 Å². The number of nitrogens with zero attached hydrogens (tertiary/aromatic N) is 4. The molecule has 1 aliphatic heterocycles. The summed E-state index contributed by atoms with van der Waals surface area (Å²) in [5.41, 5.74) is 5.53. The van der Waals surface area contributed by atoms with Crippen molar-refractivity contribution in [3.63, 3.8) is 0 Å². The summed E-state index contributed by atoms with van der Waals surface area (Å²) in [6.45, 7) is 4.74. The number of amides is 1. The van der Waals surface area contributed by atoms with Crippen LogP contribution < -0.4 is 0 Å². The third-order valence-electron chi connectivity index (χ3n) is 5.17. The van der Waals surface area contributed by atoms with Crippen molar-refractivity contribution in [3.05, 3.63) is 53.4 Å². The Morgan fingerprint density at radius 1 is 1.31 bits per heavy atom. The quantitative estimate of drug-likeness (QED) is 0.757. The van der Waals surface area contributed by atoms with Crippen LogP contribution in [-0.4, -0.2) is 42.7 Å². The number of likely N-dealkylation sites (tertiary alicyclic amines) is 1. The predicted octanol–water partition coefficient (Wildman–Crippen LogP) is 3.04. The molecule has 0 radical (unpaired) electrons. The fourth-order valence-electron chi connectivity index (χ4n) is 3.74. The van der Waals surface area contributed by atoms with Gasteiger partial charge in [-0.1, -0.05) is 6.92 Å². The van der Waals surface area contributed by atoms with Crippen LogP contribution in [0.3, 0.4) is 0 Å². The first-order valence-corrected chi connectivity index (χ1v) is 8.99. The summed E-state index contributed by atoms with van der Waals surface area (Å²) in [4.78, 5) is 19.1. The Hall–Kier alpha value is -2.96. The predicted molar refractivity (Wildman–Crippen MR) is 97.5 cm³/mol. The molecule has 0 aromatic carbocycles. The molecule has 0 saturated carbocycles. The van der Waals surface area contributed by atoms with E-state index in [1.165, 1.54) is 0 Å². The monoisotopic (exact) mass is 350 g/mol. The normalized spacial score (nSPS) is 17.0. The minimum absolute atomic E-state index is 0.0174. The van der Waals surface area contributed by atoms with Gasteiger partial charge in [0.2, 0.25) is 0 Å². The van der Waals surface area contributed by atoms with E-state index in [1.54, 1.807) is 12.4 Å². The van der Waals surface area contributed by atoms with Crippen LogP contribution in [-0.2, 0) is 6.42 Å². The van der Waals surface area contributed by atoms with Crippen molar-refractivity contribution in [3.8, 4) is 11.1 Å². The van der Waals surface area contributed by atoms with Gasteiger partial charge in [0.1, 0.15) is 0 Å². The highest BCUT2D eigenvalue weighted by molar-refractivity contribution is 5.94. The van der Waals surface area contributed by atoms with Gasteiger partial charge in [0.05, 0.1) is 17.9 Å². The van der Waals surface area contributed by atoms with E-state index in [0.29, 0.717) is 5.69 Å². The third-order valence-corrected chi connectivity index (χ3v) is 5.17. The second kappa shape index (κ2) is 6.74. The number of hydrogen-bond acceptors (Lipinski definition) is 4. The second-order valence-corrected chi connectivity index (χ2v) is 6.62. The molecule has 7 heteroatoms. The maximum absolute atomic E-state index is 13.1. The van der Waals surface area contributed by atoms with Crippen molar-refractivity contribution < 1.29 is 4.79 Å².